The van der Waals surface area contributed by atoms with Crippen molar-refractivity contribution in [3.05, 3.63) is 41.1 Å². The molecule has 0 unspecified atom stereocenters. The second-order valence-electron chi connectivity index (χ2n) is 5.06. The molecule has 1 aromatic rings. The zero-order valence-electron chi connectivity index (χ0n) is 11.9. The summed E-state index contributed by atoms with van der Waals surface area (Å²) in [6, 6.07) is 3.46. The first kappa shape index (κ1) is 16.0. The lowest BCUT2D eigenvalue weighted by Gasteiger charge is -2.38. The molecule has 0 amide bonds. The van der Waals surface area contributed by atoms with E-state index in [1.165, 1.54) is 6.07 Å². The van der Waals surface area contributed by atoms with Crippen LogP contribution in [0.25, 0.3) is 0 Å². The number of hydrogen-bond donors (Lipinski definition) is 0. The molecule has 0 atom stereocenters. The number of hydrogen-bond acceptors (Lipinski definition) is 2. The van der Waals surface area contributed by atoms with Crippen molar-refractivity contribution in [3.8, 4) is 0 Å². The molecule has 116 valence electrons. The van der Waals surface area contributed by atoms with Crippen molar-refractivity contribution in [2.45, 2.75) is 19.5 Å². The summed E-state index contributed by atoms with van der Waals surface area (Å²) < 4.78 is 38.4. The minimum atomic E-state index is -4.35. The number of alkyl halides is 3. The number of nitrogens with zero attached hydrogens (tertiary/aromatic N) is 2. The summed E-state index contributed by atoms with van der Waals surface area (Å²) in [4.78, 5) is 4.06. The maximum atomic E-state index is 12.8. The van der Waals surface area contributed by atoms with Crippen LogP contribution in [0.15, 0.2) is 30.5 Å². The van der Waals surface area contributed by atoms with E-state index in [2.05, 4.69) is 11.5 Å². The van der Waals surface area contributed by atoms with E-state index >= 15 is 0 Å². The molecule has 1 aliphatic rings. The Morgan fingerprint density at radius 1 is 1.24 bits per heavy atom. The molecular weight excluding hydrogens is 301 g/mol. The third-order valence-electron chi connectivity index (χ3n) is 3.75. The fraction of sp³-hybridized carbons (Fsp3) is 0.467. The van der Waals surface area contributed by atoms with Crippen LogP contribution in [0.3, 0.4) is 0 Å². The average Bonchev–Trinajstić information content (AvgIpc) is 2.46. The Kier molecular flexibility index (Phi) is 4.71. The Morgan fingerprint density at radius 2 is 1.86 bits per heavy atom. The van der Waals surface area contributed by atoms with Crippen LogP contribution in [0.4, 0.5) is 18.9 Å². The van der Waals surface area contributed by atoms with Gasteiger partial charge in [0.1, 0.15) is 0 Å². The first-order valence-corrected chi connectivity index (χ1v) is 7.25. The monoisotopic (exact) mass is 318 g/mol. The fourth-order valence-electron chi connectivity index (χ4n) is 2.42. The largest absolute Gasteiger partial charge is 0.416 e. The van der Waals surface area contributed by atoms with Crippen LogP contribution >= 0.6 is 11.6 Å². The molecule has 0 bridgehead atoms. The normalized spacial score (nSPS) is 16.2. The Balaban J connectivity index is 2.15. The molecule has 0 aromatic heterocycles. The van der Waals surface area contributed by atoms with E-state index in [0.29, 0.717) is 23.8 Å². The van der Waals surface area contributed by atoms with E-state index in [-0.39, 0.29) is 0 Å². The van der Waals surface area contributed by atoms with Crippen molar-refractivity contribution in [3.63, 3.8) is 0 Å². The number of allylic oxidation sites excluding steroid dienone is 1. The maximum absolute atomic E-state index is 12.8. The second kappa shape index (κ2) is 6.18. The summed E-state index contributed by atoms with van der Waals surface area (Å²) in [6.07, 6.45) is -3.47. The van der Waals surface area contributed by atoms with Gasteiger partial charge in [0.2, 0.25) is 0 Å². The molecule has 6 heteroatoms. The topological polar surface area (TPSA) is 6.48 Å². The molecule has 1 aromatic carbocycles. The van der Waals surface area contributed by atoms with E-state index in [1.807, 2.05) is 11.8 Å². The lowest BCUT2D eigenvalue weighted by Crippen LogP contribution is -2.45. The first-order chi connectivity index (χ1) is 9.82. The molecular formula is C15H18ClF3N2. The molecule has 2 rings (SSSR count). The van der Waals surface area contributed by atoms with Crippen molar-refractivity contribution in [1.29, 1.82) is 0 Å². The molecule has 1 saturated heterocycles. The third kappa shape index (κ3) is 3.64. The van der Waals surface area contributed by atoms with Crippen molar-refractivity contribution in [2.75, 3.05) is 31.1 Å². The summed E-state index contributed by atoms with van der Waals surface area (Å²) in [5.74, 6) is 0. The van der Waals surface area contributed by atoms with Crippen molar-refractivity contribution in [1.82, 2.24) is 4.90 Å². The summed E-state index contributed by atoms with van der Waals surface area (Å²) in [6.45, 7) is 8.81. The molecule has 1 aliphatic heterocycles. The number of halogens is 4. The fourth-order valence-corrected chi connectivity index (χ4v) is 2.66. The van der Waals surface area contributed by atoms with Crippen LogP contribution < -0.4 is 4.90 Å². The maximum Gasteiger partial charge on any atom is 0.416 e. The average molecular weight is 319 g/mol. The Bertz CT molecular complexity index is 520. The third-order valence-corrected chi connectivity index (χ3v) is 4.07. The van der Waals surface area contributed by atoms with Gasteiger partial charge < -0.3 is 9.80 Å². The summed E-state index contributed by atoms with van der Waals surface area (Å²) in [7, 11) is 0. The number of benzene rings is 1. The molecule has 21 heavy (non-hydrogen) atoms. The van der Waals surface area contributed by atoms with Crippen molar-refractivity contribution < 1.29 is 13.2 Å². The molecule has 1 heterocycles. The lowest BCUT2D eigenvalue weighted by atomic mass is 10.1. The molecule has 0 saturated carbocycles. The standard InChI is InChI=1S/C15H18ClF3N2/c1-3-11(2)20-6-8-21(9-7-20)14-10-12(15(17,18)19)4-5-13(14)16/h4-5,10H,2-3,6-9H2,1H3. The van der Waals surface area contributed by atoms with Gasteiger partial charge in [0.25, 0.3) is 0 Å². The highest BCUT2D eigenvalue weighted by Crippen LogP contribution is 2.35. The van der Waals surface area contributed by atoms with Gasteiger partial charge in [0.15, 0.2) is 0 Å². The predicted molar refractivity (Wildman–Crippen MR) is 79.7 cm³/mol. The Hall–Kier alpha value is -1.36. The van der Waals surface area contributed by atoms with Crippen LogP contribution in [-0.2, 0) is 6.18 Å². The van der Waals surface area contributed by atoms with Crippen LogP contribution in [0, 0.1) is 0 Å². The van der Waals surface area contributed by atoms with Crippen molar-refractivity contribution >= 4 is 17.3 Å². The van der Waals surface area contributed by atoms with E-state index in [9.17, 15) is 13.2 Å². The van der Waals surface area contributed by atoms with Crippen molar-refractivity contribution in [2.24, 2.45) is 0 Å². The summed E-state index contributed by atoms with van der Waals surface area (Å²) >= 11 is 6.07. The number of rotatable bonds is 3. The molecule has 0 N–H and O–H groups in total. The first-order valence-electron chi connectivity index (χ1n) is 6.87. The van der Waals surface area contributed by atoms with Crippen LogP contribution in [0.1, 0.15) is 18.9 Å². The summed E-state index contributed by atoms with van der Waals surface area (Å²) in [5.41, 5.74) is 0.848. The van der Waals surface area contributed by atoms with Gasteiger partial charge >= 0.3 is 6.18 Å². The van der Waals surface area contributed by atoms with Gasteiger partial charge in [-0.3, -0.25) is 0 Å². The van der Waals surface area contributed by atoms with Gasteiger partial charge in [0.05, 0.1) is 16.3 Å². The van der Waals surface area contributed by atoms with Gasteiger partial charge in [-0.25, -0.2) is 0 Å². The van der Waals surface area contributed by atoms with E-state index < -0.39 is 11.7 Å². The minimum absolute atomic E-state index is 0.353. The SMILES string of the molecule is C=C(CC)N1CCN(c2cc(C(F)(F)F)ccc2Cl)CC1. The van der Waals surface area contributed by atoms with Gasteiger partial charge in [-0.05, 0) is 24.6 Å². The van der Waals surface area contributed by atoms with Gasteiger partial charge in [-0.15, -0.1) is 0 Å². The van der Waals surface area contributed by atoms with Crippen LogP contribution in [0.5, 0.6) is 0 Å². The smallest absolute Gasteiger partial charge is 0.372 e. The van der Waals surface area contributed by atoms with Gasteiger partial charge in [-0.2, -0.15) is 13.2 Å². The minimum Gasteiger partial charge on any atom is -0.372 e. The highest BCUT2D eigenvalue weighted by molar-refractivity contribution is 6.33. The quantitative estimate of drug-likeness (QED) is 0.815. The zero-order chi connectivity index (χ0) is 15.6. The predicted octanol–water partition coefficient (Wildman–Crippen LogP) is 4.40. The van der Waals surface area contributed by atoms with Crippen LogP contribution in [-0.4, -0.2) is 31.1 Å². The van der Waals surface area contributed by atoms with E-state index in [0.717, 1.165) is 37.3 Å². The zero-order valence-corrected chi connectivity index (χ0v) is 12.6. The number of piperazine rings is 1. The Labute approximate surface area is 127 Å². The highest BCUT2D eigenvalue weighted by atomic mass is 35.5. The molecule has 2 nitrogen and oxygen atoms in total. The molecule has 0 aliphatic carbocycles. The molecule has 0 radical (unpaired) electrons. The van der Waals surface area contributed by atoms with E-state index in [1.54, 1.807) is 0 Å². The molecule has 1 fully saturated rings. The lowest BCUT2D eigenvalue weighted by molar-refractivity contribution is -0.137. The number of anilines is 1. The van der Waals surface area contributed by atoms with E-state index in [4.69, 9.17) is 11.6 Å². The van der Waals surface area contributed by atoms with Crippen LogP contribution in [0.2, 0.25) is 5.02 Å². The second-order valence-corrected chi connectivity index (χ2v) is 5.47. The highest BCUT2D eigenvalue weighted by Gasteiger charge is 2.32. The molecule has 0 spiro atoms. The van der Waals surface area contributed by atoms with Gasteiger partial charge in [-0.1, -0.05) is 25.1 Å². The summed E-state index contributed by atoms with van der Waals surface area (Å²) in [5, 5.41) is 0.353. The van der Waals surface area contributed by atoms with Gasteiger partial charge in [0, 0.05) is 31.9 Å². The Morgan fingerprint density at radius 3 is 2.38 bits per heavy atom.